The number of guanidine groups is 1. The number of aromatic nitrogens is 2. The van der Waals surface area contributed by atoms with Crippen LogP contribution in [0.25, 0.3) is 11.3 Å². The lowest BCUT2D eigenvalue weighted by Crippen LogP contribution is -2.47. The molecule has 0 bridgehead atoms. The zero-order valence-electron chi connectivity index (χ0n) is 16.5. The van der Waals surface area contributed by atoms with E-state index in [9.17, 15) is 9.59 Å². The van der Waals surface area contributed by atoms with Crippen LogP contribution in [0, 0.1) is 0 Å². The SMILES string of the molecule is CN1C(=O)CC(C)(c2cccc(NC(=O)c3cnc(-c4ccsc4)cn3)c2)N=C1N. The summed E-state index contributed by atoms with van der Waals surface area (Å²) in [6.07, 6.45) is 3.22. The summed E-state index contributed by atoms with van der Waals surface area (Å²) in [4.78, 5) is 39.2. The highest BCUT2D eigenvalue weighted by Gasteiger charge is 2.36. The average Bonchev–Trinajstić information content (AvgIpc) is 3.27. The molecule has 8 nitrogen and oxygen atoms in total. The molecule has 2 aromatic heterocycles. The van der Waals surface area contributed by atoms with Gasteiger partial charge in [0.05, 0.1) is 30.0 Å². The molecule has 3 N–H and O–H groups in total. The van der Waals surface area contributed by atoms with E-state index in [-0.39, 0.29) is 29.9 Å². The van der Waals surface area contributed by atoms with Crippen molar-refractivity contribution in [2.24, 2.45) is 10.7 Å². The number of anilines is 1. The standard InChI is InChI=1S/C21H20N6O2S/c1-21(9-18(28)27(2)20(22)26-21)14-4-3-5-15(8-14)25-19(29)17-11-23-16(10-24-17)13-6-7-30-12-13/h3-8,10-12H,9H2,1-2H3,(H2,22,26)(H,25,29). The lowest BCUT2D eigenvalue weighted by molar-refractivity contribution is -0.128. The third kappa shape index (κ3) is 3.79. The molecule has 30 heavy (non-hydrogen) atoms. The molecule has 0 aliphatic carbocycles. The van der Waals surface area contributed by atoms with Crippen molar-refractivity contribution < 1.29 is 9.59 Å². The predicted molar refractivity (Wildman–Crippen MR) is 116 cm³/mol. The summed E-state index contributed by atoms with van der Waals surface area (Å²) in [6.45, 7) is 1.85. The van der Waals surface area contributed by atoms with E-state index < -0.39 is 5.54 Å². The minimum absolute atomic E-state index is 0.111. The molecule has 0 fully saturated rings. The molecule has 3 heterocycles. The zero-order valence-corrected chi connectivity index (χ0v) is 17.3. The molecule has 0 spiro atoms. The van der Waals surface area contributed by atoms with Crippen molar-refractivity contribution in [3.63, 3.8) is 0 Å². The van der Waals surface area contributed by atoms with E-state index in [0.717, 1.165) is 11.1 Å². The number of hydrogen-bond donors (Lipinski definition) is 2. The van der Waals surface area contributed by atoms with E-state index in [2.05, 4.69) is 20.3 Å². The number of carbonyl (C=O) groups is 2. The maximum atomic E-state index is 12.6. The molecule has 1 unspecified atom stereocenters. The van der Waals surface area contributed by atoms with E-state index in [1.54, 1.807) is 42.8 Å². The second-order valence-corrected chi connectivity index (χ2v) is 7.99. The Labute approximate surface area is 177 Å². The Morgan fingerprint density at radius 3 is 2.77 bits per heavy atom. The van der Waals surface area contributed by atoms with Gasteiger partial charge in [-0.25, -0.2) is 9.98 Å². The van der Waals surface area contributed by atoms with E-state index in [1.165, 1.54) is 11.1 Å². The van der Waals surface area contributed by atoms with E-state index in [4.69, 9.17) is 5.73 Å². The van der Waals surface area contributed by atoms with Crippen molar-refractivity contribution in [1.29, 1.82) is 0 Å². The Bertz CT molecular complexity index is 1130. The Balaban J connectivity index is 1.53. The minimum atomic E-state index is -0.795. The van der Waals surface area contributed by atoms with Crippen LogP contribution in [0.2, 0.25) is 0 Å². The van der Waals surface area contributed by atoms with Gasteiger partial charge < -0.3 is 11.1 Å². The fourth-order valence-corrected chi connectivity index (χ4v) is 3.86. The van der Waals surface area contributed by atoms with Crippen LogP contribution in [0.1, 0.15) is 29.4 Å². The first-order valence-corrected chi connectivity index (χ1v) is 10.2. The number of amides is 2. The van der Waals surface area contributed by atoms with Gasteiger partial charge in [0, 0.05) is 23.7 Å². The van der Waals surface area contributed by atoms with Crippen molar-refractivity contribution in [3.05, 3.63) is 64.7 Å². The van der Waals surface area contributed by atoms with Crippen molar-refractivity contribution in [3.8, 4) is 11.3 Å². The minimum Gasteiger partial charge on any atom is -0.369 e. The molecule has 1 atom stereocenters. The topological polar surface area (TPSA) is 114 Å². The molecular weight excluding hydrogens is 400 g/mol. The molecule has 4 rings (SSSR count). The van der Waals surface area contributed by atoms with Gasteiger partial charge >= 0.3 is 0 Å². The quantitative estimate of drug-likeness (QED) is 0.674. The molecule has 1 aliphatic rings. The maximum absolute atomic E-state index is 12.6. The first-order chi connectivity index (χ1) is 14.4. The first kappa shape index (κ1) is 19.7. The van der Waals surface area contributed by atoms with Gasteiger partial charge in [-0.2, -0.15) is 11.3 Å². The summed E-state index contributed by atoms with van der Waals surface area (Å²) in [6, 6.07) is 9.17. The van der Waals surface area contributed by atoms with Gasteiger partial charge in [-0.15, -0.1) is 0 Å². The van der Waals surface area contributed by atoms with Crippen LogP contribution in [-0.4, -0.2) is 39.7 Å². The summed E-state index contributed by atoms with van der Waals surface area (Å²) < 4.78 is 0. The van der Waals surface area contributed by atoms with Crippen molar-refractivity contribution in [2.75, 3.05) is 12.4 Å². The Kier molecular flexibility index (Phi) is 5.04. The number of nitrogens with zero attached hydrogens (tertiary/aromatic N) is 4. The Morgan fingerprint density at radius 2 is 2.10 bits per heavy atom. The molecule has 3 aromatic rings. The summed E-state index contributed by atoms with van der Waals surface area (Å²) in [7, 11) is 1.60. The summed E-state index contributed by atoms with van der Waals surface area (Å²) >= 11 is 1.57. The van der Waals surface area contributed by atoms with Crippen molar-refractivity contribution in [2.45, 2.75) is 18.9 Å². The van der Waals surface area contributed by atoms with E-state index in [0.29, 0.717) is 11.4 Å². The highest BCUT2D eigenvalue weighted by molar-refractivity contribution is 7.08. The van der Waals surface area contributed by atoms with Crippen LogP contribution >= 0.6 is 11.3 Å². The Hall–Kier alpha value is -3.59. The highest BCUT2D eigenvalue weighted by atomic mass is 32.1. The maximum Gasteiger partial charge on any atom is 0.275 e. The molecule has 0 radical (unpaired) electrons. The summed E-state index contributed by atoms with van der Waals surface area (Å²) in [5.74, 6) is -0.311. The number of aliphatic imine (C=N–C) groups is 1. The molecule has 1 aliphatic heterocycles. The fourth-order valence-electron chi connectivity index (χ4n) is 3.21. The number of nitrogens with two attached hydrogens (primary N) is 1. The number of hydrogen-bond acceptors (Lipinski definition) is 7. The summed E-state index contributed by atoms with van der Waals surface area (Å²) in [5.41, 5.74) is 8.34. The normalized spacial score (nSPS) is 18.8. The fraction of sp³-hybridized carbons (Fsp3) is 0.190. The largest absolute Gasteiger partial charge is 0.369 e. The van der Waals surface area contributed by atoms with Gasteiger partial charge in [-0.05, 0) is 36.1 Å². The third-order valence-electron chi connectivity index (χ3n) is 5.02. The Morgan fingerprint density at radius 1 is 1.27 bits per heavy atom. The highest BCUT2D eigenvalue weighted by Crippen LogP contribution is 2.34. The van der Waals surface area contributed by atoms with Crippen molar-refractivity contribution >= 4 is 34.8 Å². The van der Waals surface area contributed by atoms with Crippen LogP contribution in [-0.2, 0) is 10.3 Å². The van der Waals surface area contributed by atoms with Crippen LogP contribution in [0.3, 0.4) is 0 Å². The number of benzene rings is 1. The van der Waals surface area contributed by atoms with Gasteiger partial charge in [0.2, 0.25) is 5.91 Å². The number of thiophene rings is 1. The van der Waals surface area contributed by atoms with Gasteiger partial charge in [0.25, 0.3) is 5.91 Å². The molecule has 9 heteroatoms. The van der Waals surface area contributed by atoms with Crippen LogP contribution in [0.15, 0.2) is 58.5 Å². The van der Waals surface area contributed by atoms with Crippen LogP contribution in [0.4, 0.5) is 5.69 Å². The van der Waals surface area contributed by atoms with Gasteiger partial charge in [0.1, 0.15) is 5.69 Å². The molecule has 1 aromatic carbocycles. The molecule has 0 saturated heterocycles. The molecule has 0 saturated carbocycles. The number of carbonyl (C=O) groups excluding carboxylic acids is 2. The van der Waals surface area contributed by atoms with Crippen molar-refractivity contribution in [1.82, 2.24) is 14.9 Å². The number of nitrogens with one attached hydrogen (secondary N) is 1. The van der Waals surface area contributed by atoms with Gasteiger partial charge in [-0.3, -0.25) is 19.5 Å². The van der Waals surface area contributed by atoms with Gasteiger partial charge in [-0.1, -0.05) is 12.1 Å². The molecule has 152 valence electrons. The number of rotatable bonds is 4. The lowest BCUT2D eigenvalue weighted by Gasteiger charge is -2.33. The zero-order chi connectivity index (χ0) is 21.3. The second-order valence-electron chi connectivity index (χ2n) is 7.21. The lowest BCUT2D eigenvalue weighted by atomic mass is 9.87. The molecular formula is C21H20N6O2S. The molecule has 2 amide bonds. The van der Waals surface area contributed by atoms with Gasteiger partial charge in [0.15, 0.2) is 5.96 Å². The summed E-state index contributed by atoms with van der Waals surface area (Å²) in [5, 5.41) is 6.76. The van der Waals surface area contributed by atoms with E-state index in [1.807, 2.05) is 29.8 Å². The first-order valence-electron chi connectivity index (χ1n) is 9.24. The van der Waals surface area contributed by atoms with Crippen LogP contribution in [0.5, 0.6) is 0 Å². The average molecular weight is 420 g/mol. The van der Waals surface area contributed by atoms with E-state index >= 15 is 0 Å². The smallest absolute Gasteiger partial charge is 0.275 e. The predicted octanol–water partition coefficient (Wildman–Crippen LogP) is 2.85. The third-order valence-corrected chi connectivity index (χ3v) is 5.70. The van der Waals surface area contributed by atoms with Crippen LogP contribution < -0.4 is 11.1 Å². The second kappa shape index (κ2) is 7.68. The monoisotopic (exact) mass is 420 g/mol.